The van der Waals surface area contributed by atoms with Crippen LogP contribution in [0.1, 0.15) is 108 Å². The molecule has 6 nitrogen and oxygen atoms in total. The summed E-state index contributed by atoms with van der Waals surface area (Å²) in [6.45, 7) is 11.3. The monoisotopic (exact) mass is 596 g/mol. The van der Waals surface area contributed by atoms with E-state index >= 15 is 0 Å². The smallest absolute Gasteiger partial charge is 0.168 e. The molecule has 2 aliphatic rings. The fourth-order valence-corrected chi connectivity index (χ4v) is 6.14. The van der Waals surface area contributed by atoms with Crippen molar-refractivity contribution in [3.8, 4) is 11.5 Å². The van der Waals surface area contributed by atoms with Gasteiger partial charge in [0.25, 0.3) is 0 Å². The second kappa shape index (κ2) is 13.2. The average molecular weight is 597 g/mol. The van der Waals surface area contributed by atoms with Crippen LogP contribution in [0.15, 0.2) is 28.7 Å². The van der Waals surface area contributed by atoms with Gasteiger partial charge in [0.2, 0.25) is 0 Å². The van der Waals surface area contributed by atoms with E-state index in [2.05, 4.69) is 9.12 Å². The largest absolute Gasteiger partial charge is 0.505 e. The molecule has 2 aliphatic carbocycles. The summed E-state index contributed by atoms with van der Waals surface area (Å²) in [7, 11) is -2.56. The van der Waals surface area contributed by atoms with Gasteiger partial charge in [-0.05, 0) is 116 Å². The zero-order valence-electron chi connectivity index (χ0n) is 24.3. The number of halogens is 2. The van der Waals surface area contributed by atoms with Crippen molar-refractivity contribution < 1.29 is 27.4 Å². The van der Waals surface area contributed by atoms with Crippen molar-refractivity contribution >= 4 is 27.7 Å². The van der Waals surface area contributed by atoms with E-state index in [4.69, 9.17) is 0 Å². The highest BCUT2D eigenvalue weighted by molar-refractivity contribution is 7.85. The van der Waals surface area contributed by atoms with Gasteiger partial charge < -0.3 is 10.2 Å². The quantitative estimate of drug-likeness (QED) is 0.337. The van der Waals surface area contributed by atoms with Crippen molar-refractivity contribution in [1.82, 2.24) is 4.72 Å². The normalized spacial score (nSPS) is 20.3. The zero-order valence-corrected chi connectivity index (χ0v) is 25.9. The van der Waals surface area contributed by atoms with Crippen molar-refractivity contribution in [1.29, 1.82) is 0 Å². The van der Waals surface area contributed by atoms with E-state index < -0.39 is 38.4 Å². The van der Waals surface area contributed by atoms with Crippen LogP contribution in [0.4, 0.5) is 8.78 Å². The van der Waals surface area contributed by atoms with Crippen LogP contribution in [0.2, 0.25) is 0 Å². The summed E-state index contributed by atoms with van der Waals surface area (Å²) in [4.78, 5) is 0. The minimum absolute atomic E-state index is 0.123. The lowest BCUT2D eigenvalue weighted by Gasteiger charge is -2.25. The van der Waals surface area contributed by atoms with Crippen LogP contribution in [-0.2, 0) is 34.8 Å². The Bertz CT molecular complexity index is 1300. The standard InChI is InChI=1S/C15H22FNO2S.C15H20FNO2S/c2*1-15(2,3)20(19)17-12-7-5-4-6-11-10(12)8-9-13(18)14(11)16/h8-9,12,17-18H,4-7H2,1-3H3;8-9,18H,4-7H2,1-3H3/t12-,20+;20-/m10/s1. The van der Waals surface area contributed by atoms with Crippen molar-refractivity contribution in [2.45, 2.75) is 108 Å². The summed E-state index contributed by atoms with van der Waals surface area (Å²) >= 11 is 0. The molecule has 0 radical (unpaired) electrons. The van der Waals surface area contributed by atoms with E-state index in [9.17, 15) is 27.4 Å². The number of aromatic hydroxyl groups is 2. The third-order valence-corrected chi connectivity index (χ3v) is 10.00. The summed E-state index contributed by atoms with van der Waals surface area (Å²) in [6.07, 6.45) is 6.29. The summed E-state index contributed by atoms with van der Waals surface area (Å²) in [5.41, 5.74) is 3.26. The van der Waals surface area contributed by atoms with Crippen LogP contribution in [0, 0.1) is 11.6 Å². The maximum Gasteiger partial charge on any atom is 0.168 e. The lowest BCUT2D eigenvalue weighted by atomic mass is 9.99. The molecule has 0 heterocycles. The first-order valence-electron chi connectivity index (χ1n) is 13.8. The fraction of sp³-hybridized carbons (Fsp3) is 0.567. The van der Waals surface area contributed by atoms with Gasteiger partial charge in [0.15, 0.2) is 23.1 Å². The van der Waals surface area contributed by atoms with Gasteiger partial charge in [-0.1, -0.05) is 12.5 Å². The molecule has 2 aromatic carbocycles. The second-order valence-electron chi connectivity index (χ2n) is 12.3. The van der Waals surface area contributed by atoms with Crippen LogP contribution >= 0.6 is 0 Å². The van der Waals surface area contributed by atoms with Crippen molar-refractivity contribution in [3.05, 3.63) is 58.2 Å². The van der Waals surface area contributed by atoms with Crippen LogP contribution in [0.25, 0.3) is 0 Å². The van der Waals surface area contributed by atoms with Crippen LogP contribution in [0.5, 0.6) is 11.5 Å². The van der Waals surface area contributed by atoms with E-state index in [0.717, 1.165) is 37.7 Å². The van der Waals surface area contributed by atoms with E-state index in [1.807, 2.05) is 41.5 Å². The summed E-state index contributed by atoms with van der Waals surface area (Å²) in [5.74, 6) is -1.74. The summed E-state index contributed by atoms with van der Waals surface area (Å²) in [6, 6.07) is 6.03. The third-order valence-electron chi connectivity index (χ3n) is 6.95. The van der Waals surface area contributed by atoms with Gasteiger partial charge in [-0.25, -0.2) is 21.9 Å². The average Bonchev–Trinajstić information content (AvgIpc) is 3.20. The van der Waals surface area contributed by atoms with Crippen LogP contribution in [0.3, 0.4) is 0 Å². The number of hydrogen-bond donors (Lipinski definition) is 3. The highest BCUT2D eigenvalue weighted by Gasteiger charge is 2.28. The molecule has 0 saturated carbocycles. The van der Waals surface area contributed by atoms with E-state index in [-0.39, 0.29) is 22.3 Å². The topological polar surface area (TPSA) is 99.0 Å². The van der Waals surface area contributed by atoms with Gasteiger partial charge in [-0.3, -0.25) is 0 Å². The summed E-state index contributed by atoms with van der Waals surface area (Å²) in [5, 5.41) is 19.0. The number of phenolic OH excluding ortho intramolecular Hbond substituents is 2. The molecule has 0 unspecified atom stereocenters. The van der Waals surface area contributed by atoms with Gasteiger partial charge in [0.1, 0.15) is 11.0 Å². The molecule has 0 aromatic heterocycles. The predicted molar refractivity (Wildman–Crippen MR) is 159 cm³/mol. The SMILES string of the molecule is CC(C)(C)[S@](=O)N=C1CCCCc2c1ccc(O)c2F.CC(C)(C)[S@](=O)N[C@@H]1CCCCc2c1ccc(O)c2F. The fourth-order valence-electron chi connectivity index (χ4n) is 4.62. The maximum atomic E-state index is 14.1. The Morgan fingerprint density at radius 3 is 1.98 bits per heavy atom. The van der Waals surface area contributed by atoms with Gasteiger partial charge in [0, 0.05) is 17.2 Å². The Hall–Kier alpha value is -2.17. The third kappa shape index (κ3) is 7.97. The number of nitrogens with one attached hydrogen (secondary N) is 1. The lowest BCUT2D eigenvalue weighted by Crippen LogP contribution is -2.35. The Morgan fingerprint density at radius 2 is 1.35 bits per heavy atom. The molecule has 0 spiro atoms. The minimum Gasteiger partial charge on any atom is -0.505 e. The minimum atomic E-state index is -1.36. The first-order chi connectivity index (χ1) is 18.6. The van der Waals surface area contributed by atoms with E-state index in [0.29, 0.717) is 41.7 Å². The molecule has 3 N–H and O–H groups in total. The van der Waals surface area contributed by atoms with E-state index in [1.165, 1.54) is 12.1 Å². The molecule has 0 aliphatic heterocycles. The predicted octanol–water partition coefficient (Wildman–Crippen LogP) is 6.86. The molecule has 0 amide bonds. The first-order valence-corrected chi connectivity index (χ1v) is 16.1. The molecule has 40 heavy (non-hydrogen) atoms. The highest BCUT2D eigenvalue weighted by atomic mass is 32.2. The zero-order chi connectivity index (χ0) is 29.8. The maximum absolute atomic E-state index is 14.1. The molecule has 0 bridgehead atoms. The highest BCUT2D eigenvalue weighted by Crippen LogP contribution is 2.34. The lowest BCUT2D eigenvalue weighted by molar-refractivity contribution is 0.427. The second-order valence-corrected chi connectivity index (χ2v) is 16.2. The molecule has 10 heteroatoms. The Labute approximate surface area is 241 Å². The Balaban J connectivity index is 0.000000220. The first kappa shape index (κ1) is 32.3. The van der Waals surface area contributed by atoms with Gasteiger partial charge >= 0.3 is 0 Å². The van der Waals surface area contributed by atoms with E-state index in [1.54, 1.807) is 12.1 Å². The molecule has 0 fully saturated rings. The molecule has 2 aromatic rings. The molecule has 222 valence electrons. The van der Waals surface area contributed by atoms with Gasteiger partial charge in [-0.15, -0.1) is 0 Å². The van der Waals surface area contributed by atoms with Crippen LogP contribution < -0.4 is 4.72 Å². The van der Waals surface area contributed by atoms with Crippen molar-refractivity contribution in [3.63, 3.8) is 0 Å². The van der Waals surface area contributed by atoms with Crippen molar-refractivity contribution in [2.75, 3.05) is 0 Å². The number of phenols is 2. The Kier molecular flexibility index (Phi) is 10.7. The molecule has 3 atom stereocenters. The number of rotatable bonds is 3. The molecular formula is C30H42F2N2O4S2. The molecule has 0 saturated heterocycles. The molecule has 4 rings (SSSR count). The summed E-state index contributed by atoms with van der Waals surface area (Å²) < 4.78 is 59.2. The van der Waals surface area contributed by atoms with Gasteiger partial charge in [0.05, 0.1) is 26.2 Å². The van der Waals surface area contributed by atoms with Crippen LogP contribution in [-0.4, -0.2) is 33.8 Å². The Morgan fingerprint density at radius 1 is 0.800 bits per heavy atom. The molecular weight excluding hydrogens is 554 g/mol. The number of benzene rings is 2. The van der Waals surface area contributed by atoms with Gasteiger partial charge in [-0.2, -0.15) is 4.40 Å². The number of fused-ring (bicyclic) bond motifs is 2. The number of nitrogens with zero attached hydrogens (tertiary/aromatic N) is 1. The van der Waals surface area contributed by atoms with Crippen molar-refractivity contribution in [2.24, 2.45) is 4.40 Å². The number of hydrogen-bond acceptors (Lipinski definition) is 4.